The first-order valence-electron chi connectivity index (χ1n) is 50.9. The fourth-order valence-corrected chi connectivity index (χ4v) is 17.3. The van der Waals surface area contributed by atoms with Crippen molar-refractivity contribution in [2.45, 2.75) is 451 Å². The minimum Gasteiger partial charge on any atom is -0.473 e. The van der Waals surface area contributed by atoms with E-state index in [9.17, 15) is 19.2 Å². The molecule has 3 aliphatic rings. The van der Waals surface area contributed by atoms with Crippen LogP contribution in [0.15, 0.2) is 91.2 Å². The number of fused-ring (bicyclic) bond motifs is 5. The second kappa shape index (κ2) is 74.9. The summed E-state index contributed by atoms with van der Waals surface area (Å²) >= 11 is 0. The summed E-state index contributed by atoms with van der Waals surface area (Å²) in [7, 11) is 0. The smallest absolute Gasteiger partial charge is 0.407 e. The normalized spacial score (nSPS) is 14.1. The lowest BCUT2D eigenvalue weighted by atomic mass is 9.75. The zero-order chi connectivity index (χ0) is 86.6. The Balaban J connectivity index is 0.00000121. The molecule has 16 heteroatoms. The number of amides is 3. The molecule has 2 aromatic carbocycles. The molecular weight excluding hydrogens is 1510 g/mol. The van der Waals surface area contributed by atoms with E-state index in [0.717, 1.165) is 74.0 Å². The Hall–Kier alpha value is -6.45. The predicted octanol–water partition coefficient (Wildman–Crippen LogP) is 29.9. The third kappa shape index (κ3) is 51.6. The van der Waals surface area contributed by atoms with Gasteiger partial charge >= 0.3 is 24.2 Å². The number of nitrogens with zero attached hydrogens (tertiary/aromatic N) is 2. The SMILES string of the molecule is C=CN(CCOC(=O)NCCCCCCCCCCCCCCCCCC)c1ccc2c(c1)OC1=C(C=CC(=[N+](CCOC(=C)NCCCCCCCCCCCCCCCCCC)CCOC(=O)NCCCCCCCCCCCCCCCCCC)C1)C21OC(=O)c2ccccc21.CCCCCCCCCCCCCCCCCCNC(=O)O. The lowest BCUT2D eigenvalue weighted by Gasteiger charge is -2.38. The number of benzene rings is 2. The molecule has 1 unspecified atom stereocenters. The molecule has 0 fully saturated rings. The van der Waals surface area contributed by atoms with E-state index >= 15 is 0 Å². The molecule has 2 heterocycles. The van der Waals surface area contributed by atoms with Crippen LogP contribution in [-0.2, 0) is 24.5 Å². The van der Waals surface area contributed by atoms with Crippen LogP contribution in [0.4, 0.5) is 20.1 Å². The van der Waals surface area contributed by atoms with Gasteiger partial charge in [0.05, 0.1) is 18.5 Å². The van der Waals surface area contributed by atoms with Crippen LogP contribution in [0.5, 0.6) is 5.75 Å². The van der Waals surface area contributed by atoms with E-state index in [2.05, 4.69) is 72.8 Å². The van der Waals surface area contributed by atoms with E-state index in [1.807, 2.05) is 53.4 Å². The highest BCUT2D eigenvalue weighted by atomic mass is 16.6. The number of esters is 1. The average molecular weight is 1690 g/mol. The van der Waals surface area contributed by atoms with Crippen molar-refractivity contribution in [3.05, 3.63) is 108 Å². The van der Waals surface area contributed by atoms with E-state index in [4.69, 9.17) is 28.8 Å². The largest absolute Gasteiger partial charge is 0.473 e. The summed E-state index contributed by atoms with van der Waals surface area (Å²) in [6, 6.07) is 13.5. The number of nitrogens with one attached hydrogen (secondary N) is 4. The second-order valence-electron chi connectivity index (χ2n) is 35.4. The lowest BCUT2D eigenvalue weighted by Crippen LogP contribution is -2.38. The number of unbranched alkanes of at least 4 members (excludes halogenated alkanes) is 60. The Kier molecular flexibility index (Phi) is 66.2. The first-order chi connectivity index (χ1) is 59.5. The third-order valence-electron chi connectivity index (χ3n) is 24.8. The van der Waals surface area contributed by atoms with Crippen LogP contribution in [0.3, 0.4) is 0 Å². The van der Waals surface area contributed by atoms with Crippen molar-refractivity contribution in [2.24, 2.45) is 0 Å². The Morgan fingerprint density at radius 1 is 0.430 bits per heavy atom. The Bertz CT molecular complexity index is 3000. The number of allylic oxidation sites excluding steroid dienone is 2. The van der Waals surface area contributed by atoms with Gasteiger partial charge in [-0.15, -0.1) is 0 Å². The number of carbonyl (C=O) groups excluding carboxylic acids is 3. The first-order valence-corrected chi connectivity index (χ1v) is 50.9. The predicted molar refractivity (Wildman–Crippen MR) is 509 cm³/mol. The van der Waals surface area contributed by atoms with Crippen molar-refractivity contribution in [1.82, 2.24) is 21.3 Å². The summed E-state index contributed by atoms with van der Waals surface area (Å²) in [5.74, 6) is 1.33. The number of rotatable bonds is 81. The number of alkyl carbamates (subject to hydrolysis) is 2. The van der Waals surface area contributed by atoms with Gasteiger partial charge in [-0.3, -0.25) is 0 Å². The maximum Gasteiger partial charge on any atom is 0.407 e. The number of carboxylic acid groups (broad SMARTS) is 1. The molecule has 0 saturated carbocycles. The molecule has 0 radical (unpaired) electrons. The van der Waals surface area contributed by atoms with Gasteiger partial charge in [-0.1, -0.05) is 438 Å². The highest BCUT2D eigenvalue weighted by Gasteiger charge is 2.55. The molecule has 2 aliphatic heterocycles. The summed E-state index contributed by atoms with van der Waals surface area (Å²) in [4.78, 5) is 52.1. The number of anilines is 1. The van der Waals surface area contributed by atoms with Crippen LogP contribution in [0.25, 0.3) is 0 Å². The number of hydrogen-bond donors (Lipinski definition) is 5. The number of hydrogen-bond acceptors (Lipinski definition) is 11. The van der Waals surface area contributed by atoms with Gasteiger partial charge in [0.15, 0.2) is 36.9 Å². The van der Waals surface area contributed by atoms with Gasteiger partial charge in [0.1, 0.15) is 24.7 Å². The van der Waals surface area contributed by atoms with Crippen LogP contribution in [0.2, 0.25) is 0 Å². The lowest BCUT2D eigenvalue weighted by molar-refractivity contribution is -0.532. The summed E-state index contributed by atoms with van der Waals surface area (Å²) in [6.07, 6.45) is 89.2. The Morgan fingerprint density at radius 2 is 0.769 bits per heavy atom. The summed E-state index contributed by atoms with van der Waals surface area (Å²) < 4.78 is 33.5. The van der Waals surface area contributed by atoms with Crippen molar-refractivity contribution in [2.75, 3.05) is 70.5 Å². The van der Waals surface area contributed by atoms with Crippen molar-refractivity contribution in [1.29, 1.82) is 0 Å². The minimum absolute atomic E-state index is 0.148. The average Bonchev–Trinajstić information content (AvgIpc) is 1.59. The maximum absolute atomic E-state index is 13.9. The van der Waals surface area contributed by atoms with Crippen molar-refractivity contribution < 1.29 is 52.5 Å². The zero-order valence-corrected chi connectivity index (χ0v) is 78.2. The van der Waals surface area contributed by atoms with Gasteiger partial charge in [0, 0.05) is 60.7 Å². The summed E-state index contributed by atoms with van der Waals surface area (Å²) in [6.45, 7) is 22.0. The monoisotopic (exact) mass is 1690 g/mol. The van der Waals surface area contributed by atoms with E-state index in [1.165, 1.54) is 366 Å². The number of carbonyl (C=O) groups is 4. The van der Waals surface area contributed by atoms with Gasteiger partial charge in [0.2, 0.25) is 0 Å². The third-order valence-corrected chi connectivity index (χ3v) is 24.8. The molecular formula is C105H181N6O10+. The van der Waals surface area contributed by atoms with E-state index in [0.29, 0.717) is 80.8 Å². The van der Waals surface area contributed by atoms with Gasteiger partial charge in [-0.05, 0) is 62.7 Å². The van der Waals surface area contributed by atoms with Crippen LogP contribution < -0.4 is 30.9 Å². The molecule has 2 aromatic rings. The molecule has 5 rings (SSSR count). The standard InChI is InChI=1S/C86H141N5O8.C19H39NO2/c1-6-10-13-16-19-22-25-28-31-34-37-40-43-46-49-54-63-87-74(5)95-69-67-91(68-71-97-85(94)89-65-56-51-48-45-42-39-36-33-30-27-24-21-18-15-12-8-3)76-60-62-80-82(73-76)98-81-72-75(59-61-79(81)86(80)78-58-53-52-57-77(78)83(92)99-86)90(9-4)66-70-96-84(93)88-64-55-50-47-44-41-38-35-32-29-26-23-20-17-14-11-7-2;1-2-3-4-5-6-7-8-9-10-11-12-13-14-15-16-17-18-20-19(21)22/h9,52-53,57-62,72,87H,4-8,10-51,54-56,63-71,73H2,1-3H3,(H-,88,89,93,94);20H,2-18H2,1H3,(H,21,22)/p+1. The van der Waals surface area contributed by atoms with Crippen LogP contribution in [0.1, 0.15) is 467 Å². The molecule has 16 nitrogen and oxygen atoms in total. The second-order valence-corrected chi connectivity index (χ2v) is 35.4. The van der Waals surface area contributed by atoms with Crippen molar-refractivity contribution >= 4 is 35.6 Å². The Morgan fingerprint density at radius 3 is 1.14 bits per heavy atom. The fraction of sp³-hybridized carbons (Fsp3) is 0.762. The van der Waals surface area contributed by atoms with Crippen molar-refractivity contribution in [3.8, 4) is 5.75 Å². The molecule has 0 aromatic heterocycles. The molecule has 0 saturated heterocycles. The van der Waals surface area contributed by atoms with Crippen LogP contribution in [-0.4, -0.2) is 105 Å². The molecule has 121 heavy (non-hydrogen) atoms. The topological polar surface area (TPSA) is 189 Å². The molecule has 690 valence electrons. The maximum atomic E-state index is 13.9. The quantitative estimate of drug-likeness (QED) is 0.0139. The highest BCUT2D eigenvalue weighted by Crippen LogP contribution is 2.55. The molecule has 1 atom stereocenters. The van der Waals surface area contributed by atoms with Crippen molar-refractivity contribution in [3.63, 3.8) is 0 Å². The van der Waals surface area contributed by atoms with E-state index < -0.39 is 29.9 Å². The van der Waals surface area contributed by atoms with E-state index in [1.54, 1.807) is 6.20 Å². The molecule has 1 aliphatic carbocycles. The van der Waals surface area contributed by atoms with Crippen LogP contribution in [0, 0.1) is 0 Å². The highest BCUT2D eigenvalue weighted by molar-refractivity contribution is 5.99. The molecule has 5 N–H and O–H groups in total. The van der Waals surface area contributed by atoms with Gasteiger partial charge in [-0.2, -0.15) is 0 Å². The van der Waals surface area contributed by atoms with Gasteiger partial charge in [0.25, 0.3) is 0 Å². The summed E-state index contributed by atoms with van der Waals surface area (Å²) in [5, 5.41) is 20.2. The first kappa shape index (κ1) is 107. The summed E-state index contributed by atoms with van der Waals surface area (Å²) in [5.41, 5.74) is 3.17. The van der Waals surface area contributed by atoms with Gasteiger partial charge in [-0.25, -0.2) is 23.8 Å². The zero-order valence-electron chi connectivity index (χ0n) is 78.2. The fourth-order valence-electron chi connectivity index (χ4n) is 17.3. The minimum atomic E-state index is -1.26. The molecule has 1 spiro atoms. The molecule has 3 amide bonds. The Labute approximate surface area is 740 Å². The van der Waals surface area contributed by atoms with E-state index in [-0.39, 0.29) is 13.2 Å². The molecule has 0 bridgehead atoms. The van der Waals surface area contributed by atoms with Gasteiger partial charge < -0.3 is 55.0 Å². The number of ether oxygens (including phenoxy) is 5. The van der Waals surface area contributed by atoms with Crippen LogP contribution >= 0.6 is 0 Å².